The number of hydrogen-bond donors (Lipinski definition) is 1. The van der Waals surface area contributed by atoms with Gasteiger partial charge in [-0.3, -0.25) is 0 Å². The predicted molar refractivity (Wildman–Crippen MR) is 64.4 cm³/mol. The third-order valence-corrected chi connectivity index (χ3v) is 2.63. The summed E-state index contributed by atoms with van der Waals surface area (Å²) in [4.78, 5) is 26.2. The minimum atomic E-state index is -1.05. The number of aromatic carboxylic acids is 1. The number of carboxylic acids is 1. The number of methoxy groups -OCH3 is 1. The molecule has 2 aromatic rings. The Morgan fingerprint density at radius 2 is 2.05 bits per heavy atom. The largest absolute Gasteiger partial charge is 0.478 e. The van der Waals surface area contributed by atoms with Gasteiger partial charge in [0.2, 0.25) is 0 Å². The van der Waals surface area contributed by atoms with Crippen LogP contribution in [-0.4, -0.2) is 38.9 Å². The summed E-state index contributed by atoms with van der Waals surface area (Å²) in [7, 11) is 1.29. The normalized spacial score (nSPS) is 10.2. The molecule has 2 rings (SSSR count). The van der Waals surface area contributed by atoms with E-state index in [1.165, 1.54) is 36.3 Å². The summed E-state index contributed by atoms with van der Waals surface area (Å²) >= 11 is 0. The van der Waals surface area contributed by atoms with Crippen LogP contribution in [0.4, 0.5) is 0 Å². The number of aromatic nitrogens is 3. The minimum Gasteiger partial charge on any atom is -0.478 e. The Bertz CT molecular complexity index is 631. The van der Waals surface area contributed by atoms with Gasteiger partial charge in [0.15, 0.2) is 5.82 Å². The Morgan fingerprint density at radius 3 is 2.58 bits per heavy atom. The first kappa shape index (κ1) is 12.7. The standard InChI is InChI=1S/C12H11N3O4/c1-7-9(12(18)19-2)6-14-15(7)10-4-3-8(5-13-10)11(16)17/h3-6H,1-2H3,(H,16,17). The summed E-state index contributed by atoms with van der Waals surface area (Å²) in [5.41, 5.74) is 0.996. The fraction of sp³-hybridized carbons (Fsp3) is 0.167. The lowest BCUT2D eigenvalue weighted by Crippen LogP contribution is -2.06. The van der Waals surface area contributed by atoms with E-state index in [0.29, 0.717) is 17.1 Å². The first-order valence-corrected chi connectivity index (χ1v) is 5.37. The highest BCUT2D eigenvalue weighted by Gasteiger charge is 2.16. The maximum Gasteiger partial charge on any atom is 0.341 e. The summed E-state index contributed by atoms with van der Waals surface area (Å²) < 4.78 is 6.07. The molecule has 0 unspecified atom stereocenters. The van der Waals surface area contributed by atoms with Crippen LogP contribution in [-0.2, 0) is 4.74 Å². The Morgan fingerprint density at radius 1 is 1.32 bits per heavy atom. The SMILES string of the molecule is COC(=O)c1cnn(-c2ccc(C(=O)O)cn2)c1C. The molecule has 0 atom stereocenters. The Balaban J connectivity index is 2.40. The molecule has 0 aliphatic carbocycles. The van der Waals surface area contributed by atoms with Gasteiger partial charge >= 0.3 is 11.9 Å². The summed E-state index contributed by atoms with van der Waals surface area (Å²) in [6.07, 6.45) is 2.62. The fourth-order valence-corrected chi connectivity index (χ4v) is 1.59. The van der Waals surface area contributed by atoms with Crippen LogP contribution in [0.1, 0.15) is 26.4 Å². The molecule has 0 saturated heterocycles. The molecule has 2 heterocycles. The Kier molecular flexibility index (Phi) is 3.28. The summed E-state index contributed by atoms with van der Waals surface area (Å²) in [5.74, 6) is -1.10. The maximum absolute atomic E-state index is 11.4. The zero-order valence-corrected chi connectivity index (χ0v) is 10.3. The number of carbonyl (C=O) groups is 2. The van der Waals surface area contributed by atoms with Crippen LogP contribution >= 0.6 is 0 Å². The molecule has 0 aliphatic rings. The van der Waals surface area contributed by atoms with E-state index >= 15 is 0 Å². The highest BCUT2D eigenvalue weighted by molar-refractivity contribution is 5.90. The molecule has 98 valence electrons. The maximum atomic E-state index is 11.4. The van der Waals surface area contributed by atoms with Crippen molar-refractivity contribution in [1.82, 2.24) is 14.8 Å². The van der Waals surface area contributed by atoms with Crippen LogP contribution in [0.15, 0.2) is 24.5 Å². The van der Waals surface area contributed by atoms with Gasteiger partial charge in [-0.25, -0.2) is 19.3 Å². The topological polar surface area (TPSA) is 94.3 Å². The fourth-order valence-electron chi connectivity index (χ4n) is 1.59. The van der Waals surface area contributed by atoms with Crippen LogP contribution in [0.25, 0.3) is 5.82 Å². The van der Waals surface area contributed by atoms with Gasteiger partial charge in [0.25, 0.3) is 0 Å². The number of ether oxygens (including phenoxy) is 1. The molecule has 1 N–H and O–H groups in total. The molecule has 2 aromatic heterocycles. The van der Waals surface area contributed by atoms with E-state index in [1.54, 1.807) is 6.92 Å². The summed E-state index contributed by atoms with van der Waals surface area (Å²) in [6.45, 7) is 1.70. The number of pyridine rings is 1. The third kappa shape index (κ3) is 2.30. The van der Waals surface area contributed by atoms with Crippen LogP contribution < -0.4 is 0 Å². The molecule has 19 heavy (non-hydrogen) atoms. The highest BCUT2D eigenvalue weighted by Crippen LogP contribution is 2.13. The van der Waals surface area contributed by atoms with Gasteiger partial charge in [0.05, 0.1) is 24.6 Å². The van der Waals surface area contributed by atoms with Crippen molar-refractivity contribution in [3.05, 3.63) is 41.3 Å². The van der Waals surface area contributed by atoms with Crippen molar-refractivity contribution in [3.8, 4) is 5.82 Å². The minimum absolute atomic E-state index is 0.0850. The molecule has 0 radical (unpaired) electrons. The quantitative estimate of drug-likeness (QED) is 0.830. The number of rotatable bonds is 3. The molecular formula is C12H11N3O4. The van der Waals surface area contributed by atoms with E-state index in [9.17, 15) is 9.59 Å². The van der Waals surface area contributed by atoms with Gasteiger partial charge in [-0.1, -0.05) is 0 Å². The highest BCUT2D eigenvalue weighted by atomic mass is 16.5. The molecule has 0 aliphatic heterocycles. The lowest BCUT2D eigenvalue weighted by molar-refractivity contribution is 0.0599. The van der Waals surface area contributed by atoms with E-state index in [1.807, 2.05) is 0 Å². The molecule has 0 saturated carbocycles. The van der Waals surface area contributed by atoms with E-state index in [0.717, 1.165) is 0 Å². The first-order valence-electron chi connectivity index (χ1n) is 5.37. The molecular weight excluding hydrogens is 250 g/mol. The number of hydrogen-bond acceptors (Lipinski definition) is 5. The lowest BCUT2D eigenvalue weighted by Gasteiger charge is -2.04. The second-order valence-electron chi connectivity index (χ2n) is 3.76. The average Bonchev–Trinajstić information content (AvgIpc) is 2.80. The van der Waals surface area contributed by atoms with Crippen LogP contribution in [0.3, 0.4) is 0 Å². The smallest absolute Gasteiger partial charge is 0.341 e. The molecule has 0 amide bonds. The van der Waals surface area contributed by atoms with Crippen molar-refractivity contribution in [1.29, 1.82) is 0 Å². The van der Waals surface area contributed by atoms with Crippen LogP contribution in [0.2, 0.25) is 0 Å². The van der Waals surface area contributed by atoms with Gasteiger partial charge in [-0.15, -0.1) is 0 Å². The molecule has 7 nitrogen and oxygen atoms in total. The van der Waals surface area contributed by atoms with Crippen molar-refractivity contribution in [2.24, 2.45) is 0 Å². The lowest BCUT2D eigenvalue weighted by atomic mass is 10.2. The van der Waals surface area contributed by atoms with E-state index in [4.69, 9.17) is 5.11 Å². The summed E-state index contributed by atoms with van der Waals surface area (Å²) in [6, 6.07) is 2.94. The van der Waals surface area contributed by atoms with E-state index < -0.39 is 11.9 Å². The average molecular weight is 261 g/mol. The van der Waals surface area contributed by atoms with Crippen molar-refractivity contribution in [2.75, 3.05) is 7.11 Å². The van der Waals surface area contributed by atoms with Crippen molar-refractivity contribution in [2.45, 2.75) is 6.92 Å². The Labute approximate surface area is 108 Å². The van der Waals surface area contributed by atoms with Crippen molar-refractivity contribution in [3.63, 3.8) is 0 Å². The number of nitrogens with zero attached hydrogens (tertiary/aromatic N) is 3. The van der Waals surface area contributed by atoms with Gasteiger partial charge in [-0.2, -0.15) is 5.10 Å². The zero-order valence-electron chi connectivity index (χ0n) is 10.3. The monoisotopic (exact) mass is 261 g/mol. The van der Waals surface area contributed by atoms with Gasteiger partial charge in [0.1, 0.15) is 5.56 Å². The second-order valence-corrected chi connectivity index (χ2v) is 3.76. The molecule has 7 heteroatoms. The van der Waals surface area contributed by atoms with Gasteiger partial charge in [-0.05, 0) is 19.1 Å². The van der Waals surface area contributed by atoms with Crippen LogP contribution in [0, 0.1) is 6.92 Å². The third-order valence-electron chi connectivity index (χ3n) is 2.63. The molecule has 0 aromatic carbocycles. The zero-order chi connectivity index (χ0) is 14.0. The number of carbonyl (C=O) groups excluding carboxylic acids is 1. The van der Waals surface area contributed by atoms with Gasteiger partial charge < -0.3 is 9.84 Å². The number of esters is 1. The molecule has 0 bridgehead atoms. The van der Waals surface area contributed by atoms with Crippen molar-refractivity contribution < 1.29 is 19.4 Å². The molecule has 0 fully saturated rings. The Hall–Kier alpha value is -2.70. The first-order chi connectivity index (χ1) is 9.04. The van der Waals surface area contributed by atoms with Crippen molar-refractivity contribution >= 4 is 11.9 Å². The van der Waals surface area contributed by atoms with Gasteiger partial charge in [0, 0.05) is 6.20 Å². The van der Waals surface area contributed by atoms with Crippen LogP contribution in [0.5, 0.6) is 0 Å². The molecule has 0 spiro atoms. The van der Waals surface area contributed by atoms with E-state index in [-0.39, 0.29) is 5.56 Å². The van der Waals surface area contributed by atoms with E-state index in [2.05, 4.69) is 14.8 Å². The second kappa shape index (κ2) is 4.89. The number of carboxylic acid groups (broad SMARTS) is 1. The predicted octanol–water partition coefficient (Wildman–Crippen LogP) is 1.06. The summed E-state index contributed by atoms with van der Waals surface area (Å²) in [5, 5.41) is 12.8.